The molecule has 0 bridgehead atoms. The van der Waals surface area contributed by atoms with E-state index in [1.165, 1.54) is 0 Å². The van der Waals surface area contributed by atoms with E-state index >= 15 is 0 Å². The minimum Gasteiger partial charge on any atom is -0.492 e. The Labute approximate surface area is 124 Å². The highest BCUT2D eigenvalue weighted by molar-refractivity contribution is 9.10. The second-order valence-corrected chi connectivity index (χ2v) is 6.39. The molecule has 0 aromatic heterocycles. The summed E-state index contributed by atoms with van der Waals surface area (Å²) in [5.41, 5.74) is 0.221. The predicted octanol–water partition coefficient (Wildman–Crippen LogP) is 3.22. The van der Waals surface area contributed by atoms with Crippen molar-refractivity contribution in [2.24, 2.45) is 5.41 Å². The fourth-order valence-corrected chi connectivity index (χ4v) is 2.25. The van der Waals surface area contributed by atoms with Crippen molar-refractivity contribution in [3.63, 3.8) is 0 Å². The Morgan fingerprint density at radius 2 is 2.16 bits per heavy atom. The van der Waals surface area contributed by atoms with Crippen molar-refractivity contribution >= 4 is 15.9 Å². The fourth-order valence-electron chi connectivity index (χ4n) is 1.87. The van der Waals surface area contributed by atoms with E-state index in [9.17, 15) is 0 Å². The molecule has 19 heavy (non-hydrogen) atoms. The summed E-state index contributed by atoms with van der Waals surface area (Å²) in [5.74, 6) is 0.885. The number of rotatable bonds is 9. The number of aliphatic hydroxyl groups is 1. The molecule has 4 heteroatoms. The molecule has 3 nitrogen and oxygen atoms in total. The highest BCUT2D eigenvalue weighted by Gasteiger charge is 2.16. The molecule has 0 amide bonds. The molecular weight excluding hydrogens is 306 g/mol. The number of nitrogens with one attached hydrogen (secondary N) is 1. The van der Waals surface area contributed by atoms with Crippen molar-refractivity contribution in [3.8, 4) is 5.75 Å². The van der Waals surface area contributed by atoms with Gasteiger partial charge in [0.25, 0.3) is 0 Å². The van der Waals surface area contributed by atoms with Gasteiger partial charge in [0.2, 0.25) is 0 Å². The molecule has 0 saturated carbocycles. The zero-order chi connectivity index (χ0) is 14.1. The number of hydrogen-bond donors (Lipinski definition) is 2. The van der Waals surface area contributed by atoms with Gasteiger partial charge in [-0.25, -0.2) is 0 Å². The third kappa shape index (κ3) is 7.55. The minimum absolute atomic E-state index is 0.221. The van der Waals surface area contributed by atoms with Crippen LogP contribution in [0.2, 0.25) is 0 Å². The molecule has 0 unspecified atom stereocenters. The standard InChI is InChI=1S/C15H24BrNO2/c1-15(2,7-4-9-18)12-17-8-10-19-14-6-3-5-13(16)11-14/h3,5-6,11,17-18H,4,7-10,12H2,1-2H3. The lowest BCUT2D eigenvalue weighted by Crippen LogP contribution is -2.32. The number of ether oxygens (including phenoxy) is 1. The summed E-state index contributed by atoms with van der Waals surface area (Å²) in [7, 11) is 0. The van der Waals surface area contributed by atoms with E-state index in [1.807, 2.05) is 24.3 Å². The molecule has 0 aliphatic carbocycles. The average molecular weight is 330 g/mol. The van der Waals surface area contributed by atoms with Gasteiger partial charge in [0, 0.05) is 24.2 Å². The van der Waals surface area contributed by atoms with Gasteiger partial charge in [-0.05, 0) is 36.5 Å². The van der Waals surface area contributed by atoms with E-state index in [0.29, 0.717) is 6.61 Å². The Balaban J connectivity index is 2.14. The molecule has 0 atom stereocenters. The van der Waals surface area contributed by atoms with Crippen LogP contribution in [0.5, 0.6) is 5.75 Å². The van der Waals surface area contributed by atoms with Gasteiger partial charge >= 0.3 is 0 Å². The molecule has 0 saturated heterocycles. The molecule has 0 spiro atoms. The van der Waals surface area contributed by atoms with E-state index in [2.05, 4.69) is 35.1 Å². The number of aliphatic hydroxyl groups excluding tert-OH is 1. The van der Waals surface area contributed by atoms with Gasteiger partial charge in [-0.15, -0.1) is 0 Å². The van der Waals surface area contributed by atoms with Crippen LogP contribution in [0, 0.1) is 5.41 Å². The van der Waals surface area contributed by atoms with Crippen molar-refractivity contribution in [2.45, 2.75) is 26.7 Å². The first-order chi connectivity index (χ1) is 9.03. The molecule has 0 radical (unpaired) electrons. The van der Waals surface area contributed by atoms with Crippen molar-refractivity contribution in [1.29, 1.82) is 0 Å². The summed E-state index contributed by atoms with van der Waals surface area (Å²) >= 11 is 3.42. The molecule has 1 aromatic carbocycles. The van der Waals surface area contributed by atoms with E-state index in [-0.39, 0.29) is 12.0 Å². The van der Waals surface area contributed by atoms with Crippen LogP contribution in [-0.2, 0) is 0 Å². The summed E-state index contributed by atoms with van der Waals surface area (Å²) in [6.07, 6.45) is 1.90. The van der Waals surface area contributed by atoms with Crippen LogP contribution < -0.4 is 10.1 Å². The monoisotopic (exact) mass is 329 g/mol. The third-order valence-electron chi connectivity index (χ3n) is 2.96. The highest BCUT2D eigenvalue weighted by atomic mass is 79.9. The molecule has 108 valence electrons. The number of halogens is 1. The smallest absolute Gasteiger partial charge is 0.120 e. The van der Waals surface area contributed by atoms with Gasteiger partial charge in [-0.2, -0.15) is 0 Å². The molecule has 0 heterocycles. The second-order valence-electron chi connectivity index (χ2n) is 5.47. The van der Waals surface area contributed by atoms with Gasteiger partial charge in [-0.3, -0.25) is 0 Å². The van der Waals surface area contributed by atoms with Crippen molar-refractivity contribution in [3.05, 3.63) is 28.7 Å². The van der Waals surface area contributed by atoms with Gasteiger partial charge < -0.3 is 15.2 Å². The SMILES string of the molecule is CC(C)(CCCO)CNCCOc1cccc(Br)c1. The lowest BCUT2D eigenvalue weighted by molar-refractivity contribution is 0.231. The maximum absolute atomic E-state index is 8.84. The third-order valence-corrected chi connectivity index (χ3v) is 3.45. The average Bonchev–Trinajstić information content (AvgIpc) is 2.36. The maximum Gasteiger partial charge on any atom is 0.120 e. The Bertz CT molecular complexity index is 369. The second kappa shape index (κ2) is 8.56. The van der Waals surface area contributed by atoms with Crippen LogP contribution in [-0.4, -0.2) is 31.4 Å². The highest BCUT2D eigenvalue weighted by Crippen LogP contribution is 2.20. The molecule has 1 aromatic rings. The molecule has 0 aliphatic rings. The van der Waals surface area contributed by atoms with E-state index < -0.39 is 0 Å². The largest absolute Gasteiger partial charge is 0.492 e. The summed E-state index contributed by atoms with van der Waals surface area (Å²) < 4.78 is 6.68. The summed E-state index contributed by atoms with van der Waals surface area (Å²) in [4.78, 5) is 0. The molecule has 2 N–H and O–H groups in total. The Kier molecular flexibility index (Phi) is 7.42. The van der Waals surface area contributed by atoms with Crippen LogP contribution in [0.1, 0.15) is 26.7 Å². The van der Waals surface area contributed by atoms with E-state index in [1.54, 1.807) is 0 Å². The lowest BCUT2D eigenvalue weighted by Gasteiger charge is -2.24. The Morgan fingerprint density at radius 3 is 2.84 bits per heavy atom. The quantitative estimate of drug-likeness (QED) is 0.683. The minimum atomic E-state index is 0.221. The Hall–Kier alpha value is -0.580. The maximum atomic E-state index is 8.84. The van der Waals surface area contributed by atoms with Gasteiger partial charge in [0.1, 0.15) is 12.4 Å². The molecular formula is C15H24BrNO2. The van der Waals surface area contributed by atoms with Crippen LogP contribution in [0.3, 0.4) is 0 Å². The summed E-state index contributed by atoms with van der Waals surface area (Å²) in [6.45, 7) is 7.13. The lowest BCUT2D eigenvalue weighted by atomic mass is 9.88. The first-order valence-electron chi connectivity index (χ1n) is 6.73. The van der Waals surface area contributed by atoms with Crippen LogP contribution in [0.25, 0.3) is 0 Å². The molecule has 0 fully saturated rings. The molecule has 0 aliphatic heterocycles. The molecule has 1 rings (SSSR count). The first kappa shape index (κ1) is 16.5. The van der Waals surface area contributed by atoms with Crippen LogP contribution >= 0.6 is 15.9 Å². The predicted molar refractivity (Wildman–Crippen MR) is 82.6 cm³/mol. The first-order valence-corrected chi connectivity index (χ1v) is 7.53. The summed E-state index contributed by atoms with van der Waals surface area (Å²) in [5, 5.41) is 12.2. The van der Waals surface area contributed by atoms with Crippen LogP contribution in [0.15, 0.2) is 28.7 Å². The summed E-state index contributed by atoms with van der Waals surface area (Å²) in [6, 6.07) is 7.86. The topological polar surface area (TPSA) is 41.5 Å². The van der Waals surface area contributed by atoms with Crippen LogP contribution in [0.4, 0.5) is 0 Å². The number of hydrogen-bond acceptors (Lipinski definition) is 3. The van der Waals surface area contributed by atoms with Gasteiger partial charge in [0.05, 0.1) is 0 Å². The van der Waals surface area contributed by atoms with Gasteiger partial charge in [0.15, 0.2) is 0 Å². The van der Waals surface area contributed by atoms with Crippen molar-refractivity contribution < 1.29 is 9.84 Å². The van der Waals surface area contributed by atoms with Gasteiger partial charge in [-0.1, -0.05) is 35.8 Å². The van der Waals surface area contributed by atoms with Crippen molar-refractivity contribution in [1.82, 2.24) is 5.32 Å². The van der Waals surface area contributed by atoms with E-state index in [4.69, 9.17) is 9.84 Å². The zero-order valence-corrected chi connectivity index (χ0v) is 13.4. The number of benzene rings is 1. The van der Waals surface area contributed by atoms with Crippen molar-refractivity contribution in [2.75, 3.05) is 26.3 Å². The Morgan fingerprint density at radius 1 is 1.37 bits per heavy atom. The fraction of sp³-hybridized carbons (Fsp3) is 0.600. The van der Waals surface area contributed by atoms with E-state index in [0.717, 1.165) is 36.2 Å². The zero-order valence-electron chi connectivity index (χ0n) is 11.8. The normalized spacial score (nSPS) is 11.6.